The van der Waals surface area contributed by atoms with Gasteiger partial charge in [0, 0.05) is 25.2 Å². The molecule has 1 heterocycles. The van der Waals surface area contributed by atoms with Gasteiger partial charge in [-0.05, 0) is 45.8 Å². The fourth-order valence-corrected chi connectivity index (χ4v) is 2.72. The summed E-state index contributed by atoms with van der Waals surface area (Å²) in [4.78, 5) is 4.88. The largest absolute Gasteiger partial charge is 0.327 e. The first kappa shape index (κ1) is 13.9. The van der Waals surface area contributed by atoms with Crippen molar-refractivity contribution in [3.63, 3.8) is 0 Å². The summed E-state index contributed by atoms with van der Waals surface area (Å²) in [7, 11) is 4.44. The molecule has 2 N–H and O–H groups in total. The van der Waals surface area contributed by atoms with E-state index in [1.165, 1.54) is 25.9 Å². The van der Waals surface area contributed by atoms with Gasteiger partial charge in [0.1, 0.15) is 0 Å². The summed E-state index contributed by atoms with van der Waals surface area (Å²) in [5.41, 5.74) is 6.13. The van der Waals surface area contributed by atoms with Crippen LogP contribution in [0.25, 0.3) is 0 Å². The Bertz CT molecular complexity index is 194. The first-order valence-electron chi connectivity index (χ1n) is 6.63. The molecule has 0 aromatic rings. The first-order chi connectivity index (χ1) is 7.49. The van der Waals surface area contributed by atoms with Crippen molar-refractivity contribution in [1.82, 2.24) is 9.80 Å². The van der Waals surface area contributed by atoms with Crippen LogP contribution in [-0.4, -0.2) is 55.6 Å². The third-order valence-electron chi connectivity index (χ3n) is 3.51. The van der Waals surface area contributed by atoms with Crippen LogP contribution in [0.15, 0.2) is 0 Å². The van der Waals surface area contributed by atoms with Crippen molar-refractivity contribution in [2.24, 2.45) is 11.7 Å². The van der Waals surface area contributed by atoms with Gasteiger partial charge in [0.15, 0.2) is 0 Å². The summed E-state index contributed by atoms with van der Waals surface area (Å²) in [5, 5.41) is 0. The van der Waals surface area contributed by atoms with E-state index in [-0.39, 0.29) is 0 Å². The second kappa shape index (κ2) is 6.58. The fourth-order valence-electron chi connectivity index (χ4n) is 2.72. The monoisotopic (exact) mass is 227 g/mol. The summed E-state index contributed by atoms with van der Waals surface area (Å²) in [6, 6.07) is 1.08. The van der Waals surface area contributed by atoms with Crippen molar-refractivity contribution < 1.29 is 0 Å². The van der Waals surface area contributed by atoms with Gasteiger partial charge in [0.2, 0.25) is 0 Å². The van der Waals surface area contributed by atoms with Crippen LogP contribution in [-0.2, 0) is 0 Å². The molecule has 1 saturated heterocycles. The van der Waals surface area contributed by atoms with Gasteiger partial charge in [-0.25, -0.2) is 0 Å². The molecule has 1 aliphatic heterocycles. The zero-order valence-corrected chi connectivity index (χ0v) is 11.4. The molecule has 1 fully saturated rings. The lowest BCUT2D eigenvalue weighted by Crippen LogP contribution is -2.42. The molecule has 0 radical (unpaired) electrons. The molecule has 2 unspecified atom stereocenters. The highest BCUT2D eigenvalue weighted by Crippen LogP contribution is 2.15. The van der Waals surface area contributed by atoms with Gasteiger partial charge in [0.25, 0.3) is 0 Å². The number of hydrogen-bond donors (Lipinski definition) is 1. The van der Waals surface area contributed by atoms with Gasteiger partial charge in [-0.1, -0.05) is 13.8 Å². The molecule has 96 valence electrons. The standard InChI is InChI=1S/C13H29N3/c1-11(2)8-12(14)9-15(3)10-13-6-5-7-16(13)4/h11-13H,5-10,14H2,1-4H3. The van der Waals surface area contributed by atoms with Gasteiger partial charge in [-0.3, -0.25) is 0 Å². The van der Waals surface area contributed by atoms with E-state index in [1.807, 2.05) is 0 Å². The predicted molar refractivity (Wildman–Crippen MR) is 70.6 cm³/mol. The Morgan fingerprint density at radius 1 is 1.44 bits per heavy atom. The minimum absolute atomic E-state index is 0.330. The Morgan fingerprint density at radius 2 is 2.12 bits per heavy atom. The van der Waals surface area contributed by atoms with Crippen molar-refractivity contribution >= 4 is 0 Å². The molecular formula is C13H29N3. The molecule has 2 atom stereocenters. The molecule has 0 aliphatic carbocycles. The van der Waals surface area contributed by atoms with E-state index in [0.717, 1.165) is 19.0 Å². The Labute approximate surface area is 101 Å². The highest BCUT2D eigenvalue weighted by Gasteiger charge is 2.22. The lowest BCUT2D eigenvalue weighted by atomic mass is 10.0. The second-order valence-corrected chi connectivity index (χ2v) is 5.89. The van der Waals surface area contributed by atoms with Gasteiger partial charge in [-0.15, -0.1) is 0 Å². The Kier molecular flexibility index (Phi) is 5.73. The third-order valence-corrected chi connectivity index (χ3v) is 3.51. The molecular weight excluding hydrogens is 198 g/mol. The zero-order chi connectivity index (χ0) is 12.1. The van der Waals surface area contributed by atoms with E-state index in [9.17, 15) is 0 Å². The number of nitrogens with two attached hydrogens (primary N) is 1. The maximum absolute atomic E-state index is 6.13. The molecule has 1 aliphatic rings. The van der Waals surface area contributed by atoms with Crippen LogP contribution in [0.3, 0.4) is 0 Å². The van der Waals surface area contributed by atoms with E-state index in [4.69, 9.17) is 5.73 Å². The smallest absolute Gasteiger partial charge is 0.0220 e. The minimum Gasteiger partial charge on any atom is -0.327 e. The summed E-state index contributed by atoms with van der Waals surface area (Å²) in [6.45, 7) is 7.94. The van der Waals surface area contributed by atoms with Crippen molar-refractivity contribution in [3.05, 3.63) is 0 Å². The molecule has 0 spiro atoms. The molecule has 0 bridgehead atoms. The minimum atomic E-state index is 0.330. The van der Waals surface area contributed by atoms with Crippen LogP contribution in [0.2, 0.25) is 0 Å². The van der Waals surface area contributed by atoms with Crippen LogP contribution in [0.4, 0.5) is 0 Å². The zero-order valence-electron chi connectivity index (χ0n) is 11.4. The topological polar surface area (TPSA) is 32.5 Å². The number of hydrogen-bond acceptors (Lipinski definition) is 3. The van der Waals surface area contributed by atoms with E-state index >= 15 is 0 Å². The lowest BCUT2D eigenvalue weighted by molar-refractivity contribution is 0.208. The maximum atomic E-state index is 6.13. The average Bonchev–Trinajstić information content (AvgIpc) is 2.49. The molecule has 3 heteroatoms. The van der Waals surface area contributed by atoms with Crippen LogP contribution < -0.4 is 5.73 Å². The van der Waals surface area contributed by atoms with Crippen molar-refractivity contribution in [3.8, 4) is 0 Å². The predicted octanol–water partition coefficient (Wildman–Crippen LogP) is 1.39. The normalized spacial score (nSPS) is 24.6. The van der Waals surface area contributed by atoms with E-state index in [0.29, 0.717) is 12.0 Å². The van der Waals surface area contributed by atoms with E-state index < -0.39 is 0 Å². The first-order valence-corrected chi connectivity index (χ1v) is 6.63. The number of rotatable bonds is 6. The summed E-state index contributed by atoms with van der Waals surface area (Å²) in [6.07, 6.45) is 3.83. The molecule has 0 aromatic carbocycles. The number of likely N-dealkylation sites (tertiary alicyclic amines) is 1. The highest BCUT2D eigenvalue weighted by molar-refractivity contribution is 4.80. The van der Waals surface area contributed by atoms with Crippen molar-refractivity contribution in [1.29, 1.82) is 0 Å². The van der Waals surface area contributed by atoms with Crippen molar-refractivity contribution in [2.45, 2.75) is 45.2 Å². The summed E-state index contributed by atoms with van der Waals surface area (Å²) < 4.78 is 0. The van der Waals surface area contributed by atoms with Crippen LogP contribution >= 0.6 is 0 Å². The van der Waals surface area contributed by atoms with Crippen LogP contribution in [0, 0.1) is 5.92 Å². The van der Waals surface area contributed by atoms with E-state index in [2.05, 4.69) is 37.7 Å². The van der Waals surface area contributed by atoms with E-state index in [1.54, 1.807) is 0 Å². The van der Waals surface area contributed by atoms with Crippen LogP contribution in [0.5, 0.6) is 0 Å². The molecule has 0 amide bonds. The second-order valence-electron chi connectivity index (χ2n) is 5.89. The third kappa shape index (κ3) is 4.81. The van der Waals surface area contributed by atoms with Gasteiger partial charge >= 0.3 is 0 Å². The number of likely N-dealkylation sites (N-methyl/N-ethyl adjacent to an activating group) is 2. The van der Waals surface area contributed by atoms with Crippen LogP contribution in [0.1, 0.15) is 33.1 Å². The molecule has 3 nitrogen and oxygen atoms in total. The quantitative estimate of drug-likeness (QED) is 0.744. The van der Waals surface area contributed by atoms with Gasteiger partial charge in [-0.2, -0.15) is 0 Å². The van der Waals surface area contributed by atoms with Gasteiger partial charge < -0.3 is 15.5 Å². The Hall–Kier alpha value is -0.120. The molecule has 16 heavy (non-hydrogen) atoms. The average molecular weight is 227 g/mol. The summed E-state index contributed by atoms with van der Waals surface area (Å²) >= 11 is 0. The Morgan fingerprint density at radius 3 is 2.62 bits per heavy atom. The summed E-state index contributed by atoms with van der Waals surface area (Å²) in [5.74, 6) is 0.706. The highest BCUT2D eigenvalue weighted by atomic mass is 15.2. The van der Waals surface area contributed by atoms with Crippen molar-refractivity contribution in [2.75, 3.05) is 33.7 Å². The molecule has 0 aromatic heterocycles. The fraction of sp³-hybridized carbons (Fsp3) is 1.00. The lowest BCUT2D eigenvalue weighted by Gasteiger charge is -2.28. The Balaban J connectivity index is 2.21. The SMILES string of the molecule is CC(C)CC(N)CN(C)CC1CCCN1C. The maximum Gasteiger partial charge on any atom is 0.0220 e. The molecule has 1 rings (SSSR count). The van der Waals surface area contributed by atoms with Gasteiger partial charge in [0.05, 0.1) is 0 Å². The number of nitrogens with zero attached hydrogens (tertiary/aromatic N) is 2. The molecule has 0 saturated carbocycles.